The third kappa shape index (κ3) is 5.74. The molecule has 1 aliphatic rings. The lowest BCUT2D eigenvalue weighted by atomic mass is 10.1. The molecule has 0 aliphatic carbocycles. The minimum absolute atomic E-state index is 0.0675. The second-order valence-corrected chi connectivity index (χ2v) is 6.87. The maximum atomic E-state index is 13.6. The molecule has 1 heterocycles. The summed E-state index contributed by atoms with van der Waals surface area (Å²) < 4.78 is 36.5. The highest BCUT2D eigenvalue weighted by Crippen LogP contribution is 2.23. The normalized spacial score (nSPS) is 16.3. The number of rotatable bonds is 6. The Kier molecular flexibility index (Phi) is 6.91. The van der Waals surface area contributed by atoms with Crippen LogP contribution in [0.4, 0.5) is 8.78 Å². The van der Waals surface area contributed by atoms with Gasteiger partial charge in [-0.05, 0) is 35.0 Å². The fraction of sp³-hybridized carbons (Fsp3) is 0.100. The van der Waals surface area contributed by atoms with Gasteiger partial charge in [-0.15, -0.1) is 5.10 Å². The lowest BCUT2D eigenvalue weighted by Crippen LogP contribution is -2.19. The molecule has 1 N–H and O–H groups in total. The summed E-state index contributed by atoms with van der Waals surface area (Å²) in [5, 5.41) is 10.5. The van der Waals surface area contributed by atoms with Crippen molar-refractivity contribution in [2.75, 3.05) is 7.11 Å². The van der Waals surface area contributed by atoms with Gasteiger partial charge in [-0.2, -0.15) is 5.10 Å². The Morgan fingerprint density at radius 2 is 1.97 bits per heavy atom. The molecule has 0 unspecified atom stereocenters. The number of amidine groups is 1. The Balaban J connectivity index is 1.56. The minimum Gasteiger partial charge on any atom is -0.486 e. The van der Waals surface area contributed by atoms with Crippen LogP contribution in [0.1, 0.15) is 11.1 Å². The fourth-order valence-corrected chi connectivity index (χ4v) is 2.98. The third-order valence-corrected chi connectivity index (χ3v) is 4.62. The molecule has 0 radical (unpaired) electrons. The van der Waals surface area contributed by atoms with Crippen LogP contribution < -0.4 is 10.1 Å². The van der Waals surface area contributed by atoms with Gasteiger partial charge >= 0.3 is 5.97 Å². The van der Waals surface area contributed by atoms with Crippen LogP contribution in [0.3, 0.4) is 0 Å². The monoisotopic (exact) mass is 431 g/mol. The molecule has 2 aromatic rings. The van der Waals surface area contributed by atoms with Crippen LogP contribution >= 0.6 is 11.8 Å². The average molecular weight is 431 g/mol. The first-order valence-electron chi connectivity index (χ1n) is 8.51. The predicted octanol–water partition coefficient (Wildman–Crippen LogP) is 3.15. The predicted molar refractivity (Wildman–Crippen MR) is 108 cm³/mol. The number of halogens is 2. The van der Waals surface area contributed by atoms with Crippen molar-refractivity contribution in [1.29, 1.82) is 0 Å². The van der Waals surface area contributed by atoms with Crippen molar-refractivity contribution >= 4 is 35.0 Å². The Hall–Kier alpha value is -3.53. The van der Waals surface area contributed by atoms with Crippen LogP contribution in [-0.4, -0.2) is 30.4 Å². The number of thioether (sulfide) groups is 1. The summed E-state index contributed by atoms with van der Waals surface area (Å²) in [7, 11) is 1.22. The van der Waals surface area contributed by atoms with Gasteiger partial charge in [-0.3, -0.25) is 10.1 Å². The van der Waals surface area contributed by atoms with Crippen LogP contribution in [-0.2, 0) is 20.9 Å². The van der Waals surface area contributed by atoms with E-state index in [4.69, 9.17) is 4.74 Å². The van der Waals surface area contributed by atoms with E-state index in [1.165, 1.54) is 13.3 Å². The smallest absolute Gasteiger partial charge is 0.331 e. The summed E-state index contributed by atoms with van der Waals surface area (Å²) >= 11 is 0.969. The van der Waals surface area contributed by atoms with Crippen molar-refractivity contribution in [3.05, 3.63) is 76.2 Å². The molecule has 0 saturated carbocycles. The highest BCUT2D eigenvalue weighted by Gasteiger charge is 2.24. The molecular formula is C20H15F2N3O4S. The number of ether oxygens (including phenoxy) is 2. The Labute approximate surface area is 174 Å². The molecule has 0 bridgehead atoms. The van der Waals surface area contributed by atoms with Crippen LogP contribution in [0.25, 0.3) is 0 Å². The number of nitrogens with one attached hydrogen (secondary N) is 1. The number of amides is 1. The second-order valence-electron chi connectivity index (χ2n) is 5.84. The van der Waals surface area contributed by atoms with Gasteiger partial charge in [0.05, 0.1) is 18.2 Å². The molecule has 1 saturated heterocycles. The number of hydrogen-bond donors (Lipinski definition) is 1. The van der Waals surface area contributed by atoms with Crippen molar-refractivity contribution in [2.45, 2.75) is 6.61 Å². The largest absolute Gasteiger partial charge is 0.486 e. The molecule has 0 aromatic heterocycles. The fourth-order valence-electron chi connectivity index (χ4n) is 2.24. The number of methoxy groups -OCH3 is 1. The summed E-state index contributed by atoms with van der Waals surface area (Å²) in [6.45, 7) is 0.0675. The van der Waals surface area contributed by atoms with Gasteiger partial charge in [0, 0.05) is 12.1 Å². The molecule has 1 amide bonds. The number of nitrogens with zero attached hydrogens (tertiary/aromatic N) is 2. The van der Waals surface area contributed by atoms with Crippen LogP contribution in [0, 0.1) is 11.6 Å². The summed E-state index contributed by atoms with van der Waals surface area (Å²) in [4.78, 5) is 23.1. The number of carbonyl (C=O) groups excluding carboxylic acids is 2. The van der Waals surface area contributed by atoms with E-state index in [9.17, 15) is 18.4 Å². The highest BCUT2D eigenvalue weighted by molar-refractivity contribution is 8.18. The van der Waals surface area contributed by atoms with Gasteiger partial charge in [0.1, 0.15) is 12.4 Å². The minimum atomic E-state index is -0.638. The van der Waals surface area contributed by atoms with Gasteiger partial charge in [0.25, 0.3) is 5.91 Å². The molecule has 30 heavy (non-hydrogen) atoms. The van der Waals surface area contributed by atoms with Crippen LogP contribution in [0.15, 0.2) is 63.6 Å². The Morgan fingerprint density at radius 3 is 2.70 bits per heavy atom. The molecule has 7 nitrogen and oxygen atoms in total. The van der Waals surface area contributed by atoms with Crippen molar-refractivity contribution in [3.8, 4) is 5.75 Å². The molecule has 0 spiro atoms. The third-order valence-electron chi connectivity index (χ3n) is 3.72. The quantitative estimate of drug-likeness (QED) is 0.329. The Bertz CT molecular complexity index is 1050. The van der Waals surface area contributed by atoms with E-state index in [1.807, 2.05) is 0 Å². The lowest BCUT2D eigenvalue weighted by Gasteiger charge is -2.07. The molecule has 3 rings (SSSR count). The maximum Gasteiger partial charge on any atom is 0.331 e. The van der Waals surface area contributed by atoms with E-state index in [0.717, 1.165) is 47.2 Å². The zero-order valence-corrected chi connectivity index (χ0v) is 16.4. The van der Waals surface area contributed by atoms with Gasteiger partial charge in [-0.25, -0.2) is 13.6 Å². The molecule has 154 valence electrons. The first kappa shape index (κ1) is 21.2. The van der Waals surface area contributed by atoms with Gasteiger partial charge in [-0.1, -0.05) is 24.3 Å². The van der Waals surface area contributed by atoms with Crippen LogP contribution in [0.5, 0.6) is 5.75 Å². The van der Waals surface area contributed by atoms with Crippen LogP contribution in [0.2, 0.25) is 0 Å². The standard InChI is InChI=1S/C20H15F2N3O4S/c1-28-18(26)9-17-19(27)24-20(30-17)25-23-10-12-2-4-13(5-3-12)11-29-16-8-14(21)6-7-15(16)22/h2-10H,11H2,1H3,(H,24,25,27)/b17-9+,23-10?. The number of carbonyl (C=O) groups is 2. The van der Waals surface area contributed by atoms with Crippen molar-refractivity contribution in [1.82, 2.24) is 5.32 Å². The van der Waals surface area contributed by atoms with Crippen molar-refractivity contribution in [2.24, 2.45) is 10.2 Å². The second kappa shape index (κ2) is 9.79. The molecule has 10 heteroatoms. The van der Waals surface area contributed by atoms with Crippen molar-refractivity contribution < 1.29 is 27.8 Å². The molecule has 1 fully saturated rings. The van der Waals surface area contributed by atoms with E-state index >= 15 is 0 Å². The molecule has 0 atom stereocenters. The molecule has 1 aliphatic heterocycles. The summed E-state index contributed by atoms with van der Waals surface area (Å²) in [5.74, 6) is -2.47. The van der Waals surface area contributed by atoms with E-state index in [0.29, 0.717) is 0 Å². The topological polar surface area (TPSA) is 89.3 Å². The number of hydrogen-bond acceptors (Lipinski definition) is 7. The van der Waals surface area contributed by atoms with Gasteiger partial charge < -0.3 is 9.47 Å². The van der Waals surface area contributed by atoms with E-state index < -0.39 is 23.5 Å². The van der Waals surface area contributed by atoms with E-state index in [2.05, 4.69) is 20.3 Å². The zero-order chi connectivity index (χ0) is 21.5. The zero-order valence-electron chi connectivity index (χ0n) is 15.6. The van der Waals surface area contributed by atoms with Gasteiger partial charge in [0.15, 0.2) is 16.7 Å². The number of benzene rings is 2. The van der Waals surface area contributed by atoms with E-state index in [-0.39, 0.29) is 22.4 Å². The summed E-state index contributed by atoms with van der Waals surface area (Å²) in [6.07, 6.45) is 2.54. The highest BCUT2D eigenvalue weighted by atomic mass is 32.2. The van der Waals surface area contributed by atoms with Gasteiger partial charge in [0.2, 0.25) is 0 Å². The summed E-state index contributed by atoms with van der Waals surface area (Å²) in [6, 6.07) is 9.99. The SMILES string of the molecule is COC(=O)/C=C1/S/C(=N\N=Cc2ccc(COc3cc(F)ccc3F)cc2)NC1=O. The maximum absolute atomic E-state index is 13.6. The average Bonchev–Trinajstić information content (AvgIpc) is 3.08. The first-order chi connectivity index (χ1) is 14.4. The van der Waals surface area contributed by atoms with E-state index in [1.54, 1.807) is 24.3 Å². The van der Waals surface area contributed by atoms with Crippen molar-refractivity contribution in [3.63, 3.8) is 0 Å². The Morgan fingerprint density at radius 1 is 1.20 bits per heavy atom. The molecule has 2 aromatic carbocycles. The molecular weight excluding hydrogens is 416 g/mol. The summed E-state index contributed by atoms with van der Waals surface area (Å²) in [5.41, 5.74) is 1.47. The first-order valence-corrected chi connectivity index (χ1v) is 9.33. The lowest BCUT2D eigenvalue weighted by molar-refractivity contribution is -0.135. The number of esters is 1.